The Morgan fingerprint density at radius 3 is 2.88 bits per heavy atom. The number of hydrogen-bond acceptors (Lipinski definition) is 5. The fourth-order valence-electron chi connectivity index (χ4n) is 1.80. The van der Waals surface area contributed by atoms with Crippen LogP contribution in [0.4, 0.5) is 5.82 Å². The number of hydrogen-bond donors (Lipinski definition) is 2. The molecule has 1 aromatic rings. The lowest BCUT2D eigenvalue weighted by molar-refractivity contribution is 0.0690. The van der Waals surface area contributed by atoms with Gasteiger partial charge < -0.3 is 15.3 Å². The molecule has 0 bridgehead atoms. The molecule has 0 spiro atoms. The molecule has 6 nitrogen and oxygen atoms in total. The van der Waals surface area contributed by atoms with Crippen LogP contribution in [0.25, 0.3) is 0 Å². The minimum atomic E-state index is -1.05. The van der Waals surface area contributed by atoms with E-state index in [9.17, 15) is 4.79 Å². The third-order valence-electron chi connectivity index (χ3n) is 2.78. The monoisotopic (exact) mass is 222 g/mol. The lowest BCUT2D eigenvalue weighted by atomic mass is 10.3. The van der Waals surface area contributed by atoms with Crippen LogP contribution in [0.2, 0.25) is 0 Å². The Morgan fingerprint density at radius 2 is 2.38 bits per heavy atom. The van der Waals surface area contributed by atoms with Gasteiger partial charge in [0.25, 0.3) is 0 Å². The maximum absolute atomic E-state index is 10.6. The molecule has 1 aliphatic rings. The number of carbonyl (C=O) groups is 1. The van der Waals surface area contributed by atoms with Gasteiger partial charge in [0.05, 0.1) is 12.4 Å². The van der Waals surface area contributed by atoms with Gasteiger partial charge in [0, 0.05) is 19.1 Å². The van der Waals surface area contributed by atoms with Crippen molar-refractivity contribution in [2.75, 3.05) is 25.0 Å². The van der Waals surface area contributed by atoms with Gasteiger partial charge in [0.1, 0.15) is 5.82 Å². The second kappa shape index (κ2) is 4.44. The highest BCUT2D eigenvalue weighted by molar-refractivity contribution is 5.84. The van der Waals surface area contributed by atoms with Gasteiger partial charge >= 0.3 is 5.97 Å². The lowest BCUT2D eigenvalue weighted by Crippen LogP contribution is -2.29. The van der Waals surface area contributed by atoms with E-state index in [1.807, 2.05) is 7.05 Å². The van der Waals surface area contributed by atoms with Gasteiger partial charge in [0.15, 0.2) is 5.69 Å². The van der Waals surface area contributed by atoms with E-state index in [-0.39, 0.29) is 5.69 Å². The van der Waals surface area contributed by atoms with Gasteiger partial charge in [-0.15, -0.1) is 0 Å². The van der Waals surface area contributed by atoms with Crippen LogP contribution in [-0.4, -0.2) is 47.2 Å². The van der Waals surface area contributed by atoms with Crippen LogP contribution < -0.4 is 10.2 Å². The van der Waals surface area contributed by atoms with Crippen LogP contribution in [0.15, 0.2) is 12.4 Å². The van der Waals surface area contributed by atoms with Crippen LogP contribution in [0.5, 0.6) is 0 Å². The van der Waals surface area contributed by atoms with Gasteiger partial charge in [-0.2, -0.15) is 0 Å². The topological polar surface area (TPSA) is 78.4 Å². The van der Waals surface area contributed by atoms with Crippen molar-refractivity contribution < 1.29 is 9.90 Å². The largest absolute Gasteiger partial charge is 0.476 e. The van der Waals surface area contributed by atoms with E-state index >= 15 is 0 Å². The Labute approximate surface area is 93.3 Å². The summed E-state index contributed by atoms with van der Waals surface area (Å²) in [5.41, 5.74) is -0.0203. The molecule has 1 aromatic heterocycles. The SMILES string of the molecule is CNC1CCN(c2cnc(C(=O)O)cn2)C1. The summed E-state index contributed by atoms with van der Waals surface area (Å²) in [5.74, 6) is -0.309. The first-order chi connectivity index (χ1) is 7.70. The van der Waals surface area contributed by atoms with Gasteiger partial charge in [-0.05, 0) is 13.5 Å². The van der Waals surface area contributed by atoms with Gasteiger partial charge in [-0.1, -0.05) is 0 Å². The van der Waals surface area contributed by atoms with E-state index in [2.05, 4.69) is 20.2 Å². The van der Waals surface area contributed by atoms with Gasteiger partial charge in [0.2, 0.25) is 0 Å². The molecule has 2 heterocycles. The molecule has 2 rings (SSSR count). The molecule has 1 saturated heterocycles. The molecule has 1 unspecified atom stereocenters. The summed E-state index contributed by atoms with van der Waals surface area (Å²) in [6.45, 7) is 1.81. The van der Waals surface area contributed by atoms with Crippen LogP contribution in [-0.2, 0) is 0 Å². The Bertz CT molecular complexity index is 379. The number of aromatic nitrogens is 2. The highest BCUT2D eigenvalue weighted by atomic mass is 16.4. The van der Waals surface area contributed by atoms with Gasteiger partial charge in [-0.25, -0.2) is 14.8 Å². The third-order valence-corrected chi connectivity index (χ3v) is 2.78. The summed E-state index contributed by atoms with van der Waals surface area (Å²) in [5, 5.41) is 11.9. The van der Waals surface area contributed by atoms with Gasteiger partial charge in [-0.3, -0.25) is 0 Å². The number of nitrogens with zero attached hydrogens (tertiary/aromatic N) is 3. The van der Waals surface area contributed by atoms with Crippen LogP contribution >= 0.6 is 0 Å². The first-order valence-electron chi connectivity index (χ1n) is 5.18. The van der Waals surface area contributed by atoms with Crippen molar-refractivity contribution in [3.8, 4) is 0 Å². The number of carboxylic acid groups (broad SMARTS) is 1. The summed E-state index contributed by atoms with van der Waals surface area (Å²) in [6, 6.07) is 0.473. The van der Waals surface area contributed by atoms with E-state index in [4.69, 9.17) is 5.11 Å². The third kappa shape index (κ3) is 2.11. The number of rotatable bonds is 3. The highest BCUT2D eigenvalue weighted by Crippen LogP contribution is 2.16. The maximum Gasteiger partial charge on any atom is 0.356 e. The zero-order valence-electron chi connectivity index (χ0n) is 9.05. The zero-order valence-corrected chi connectivity index (χ0v) is 9.05. The molecule has 0 saturated carbocycles. The predicted octanol–water partition coefficient (Wildman–Crippen LogP) is -0.0271. The smallest absolute Gasteiger partial charge is 0.356 e. The Balaban J connectivity index is 2.08. The molecule has 2 N–H and O–H groups in total. The standard InChI is InChI=1S/C10H14N4O2/c1-11-7-2-3-14(6-7)9-5-12-8(4-13-9)10(15)16/h4-5,7,11H,2-3,6H2,1H3,(H,15,16). The van der Waals surface area contributed by atoms with E-state index in [0.717, 1.165) is 25.3 Å². The average molecular weight is 222 g/mol. The number of likely N-dealkylation sites (N-methyl/N-ethyl adjacent to an activating group) is 1. The summed E-state index contributed by atoms with van der Waals surface area (Å²) in [4.78, 5) is 20.7. The molecule has 6 heteroatoms. The highest BCUT2D eigenvalue weighted by Gasteiger charge is 2.22. The molecule has 0 aromatic carbocycles. The maximum atomic E-state index is 10.6. The van der Waals surface area contributed by atoms with Crippen molar-refractivity contribution in [2.45, 2.75) is 12.5 Å². The molecule has 86 valence electrons. The molecule has 0 amide bonds. The quantitative estimate of drug-likeness (QED) is 0.748. The second-order valence-electron chi connectivity index (χ2n) is 3.79. The van der Waals surface area contributed by atoms with Crippen molar-refractivity contribution in [1.82, 2.24) is 15.3 Å². The minimum Gasteiger partial charge on any atom is -0.476 e. The molecule has 0 aliphatic carbocycles. The van der Waals surface area contributed by atoms with Crippen LogP contribution in [0.1, 0.15) is 16.9 Å². The van der Waals surface area contributed by atoms with Crippen molar-refractivity contribution >= 4 is 11.8 Å². The molecular weight excluding hydrogens is 208 g/mol. The molecule has 1 aliphatic heterocycles. The van der Waals surface area contributed by atoms with E-state index < -0.39 is 5.97 Å². The normalized spacial score (nSPS) is 20.1. The molecule has 16 heavy (non-hydrogen) atoms. The summed E-state index contributed by atoms with van der Waals surface area (Å²) < 4.78 is 0. The number of aromatic carboxylic acids is 1. The van der Waals surface area contributed by atoms with Crippen molar-refractivity contribution in [3.05, 3.63) is 18.1 Å². The lowest BCUT2D eigenvalue weighted by Gasteiger charge is -2.16. The average Bonchev–Trinajstić information content (AvgIpc) is 2.77. The first kappa shape index (κ1) is 10.8. The van der Waals surface area contributed by atoms with Crippen LogP contribution in [0.3, 0.4) is 0 Å². The number of anilines is 1. The molecule has 0 radical (unpaired) electrons. The number of nitrogens with one attached hydrogen (secondary N) is 1. The summed E-state index contributed by atoms with van der Waals surface area (Å²) in [7, 11) is 1.94. The first-order valence-corrected chi connectivity index (χ1v) is 5.18. The minimum absolute atomic E-state index is 0.0203. The van der Waals surface area contributed by atoms with Crippen molar-refractivity contribution in [2.24, 2.45) is 0 Å². The molecule has 1 atom stereocenters. The van der Waals surface area contributed by atoms with Crippen molar-refractivity contribution in [1.29, 1.82) is 0 Å². The fraction of sp³-hybridized carbons (Fsp3) is 0.500. The van der Waals surface area contributed by atoms with E-state index in [1.54, 1.807) is 0 Å². The van der Waals surface area contributed by atoms with Crippen molar-refractivity contribution in [3.63, 3.8) is 0 Å². The van der Waals surface area contributed by atoms with E-state index in [0.29, 0.717) is 6.04 Å². The fourth-order valence-corrected chi connectivity index (χ4v) is 1.80. The van der Waals surface area contributed by atoms with E-state index in [1.165, 1.54) is 12.4 Å². The number of carboxylic acids is 1. The Kier molecular flexibility index (Phi) is 3.00. The Hall–Kier alpha value is -1.69. The molecular formula is C10H14N4O2. The predicted molar refractivity (Wildman–Crippen MR) is 58.7 cm³/mol. The zero-order chi connectivity index (χ0) is 11.5. The summed E-state index contributed by atoms with van der Waals surface area (Å²) >= 11 is 0. The molecule has 1 fully saturated rings. The Morgan fingerprint density at radius 1 is 1.56 bits per heavy atom. The second-order valence-corrected chi connectivity index (χ2v) is 3.79. The summed E-state index contributed by atoms with van der Waals surface area (Å²) in [6.07, 6.45) is 3.88. The van der Waals surface area contributed by atoms with Crippen LogP contribution in [0, 0.1) is 0 Å².